The zero-order valence-corrected chi connectivity index (χ0v) is 14.7. The van der Waals surface area contributed by atoms with Crippen LogP contribution in [0.2, 0.25) is 0 Å². The number of amides is 1. The van der Waals surface area contributed by atoms with Crippen LogP contribution in [0.5, 0.6) is 5.75 Å². The first-order valence-electron chi connectivity index (χ1n) is 8.47. The minimum absolute atomic E-state index is 0.0700. The molecule has 7 heteroatoms. The Balaban J connectivity index is 0.000000970. The van der Waals surface area contributed by atoms with E-state index in [0.717, 1.165) is 50.2 Å². The number of nitrogens with one attached hydrogen (secondary N) is 1. The van der Waals surface area contributed by atoms with Crippen LogP contribution in [0.3, 0.4) is 0 Å². The molecule has 1 fully saturated rings. The van der Waals surface area contributed by atoms with E-state index in [1.807, 2.05) is 24.3 Å². The average Bonchev–Trinajstić information content (AvgIpc) is 2.83. The molecule has 1 saturated heterocycles. The molecule has 3 N–H and O–H groups in total. The fourth-order valence-corrected chi connectivity index (χ4v) is 2.65. The molecule has 0 radical (unpaired) electrons. The van der Waals surface area contributed by atoms with Crippen LogP contribution >= 0.6 is 0 Å². The monoisotopic (exact) mass is 352 g/mol. The van der Waals surface area contributed by atoms with Crippen molar-refractivity contribution in [1.29, 1.82) is 0 Å². The molecule has 1 amide bonds. The van der Waals surface area contributed by atoms with Gasteiger partial charge in [-0.3, -0.25) is 9.59 Å². The molecule has 0 saturated carbocycles. The Kier molecular flexibility index (Phi) is 10.3. The van der Waals surface area contributed by atoms with E-state index in [1.54, 1.807) is 7.11 Å². The summed E-state index contributed by atoms with van der Waals surface area (Å²) in [6.07, 6.45) is 3.03. The third kappa shape index (κ3) is 9.07. The summed E-state index contributed by atoms with van der Waals surface area (Å²) in [7, 11) is 1.64. The lowest BCUT2D eigenvalue weighted by atomic mass is 10.2. The summed E-state index contributed by atoms with van der Waals surface area (Å²) in [5.41, 5.74) is 1.06. The summed E-state index contributed by atoms with van der Waals surface area (Å²) in [6, 6.07) is 7.69. The Bertz CT molecular complexity index is 507. The minimum atomic E-state index is -0.250. The van der Waals surface area contributed by atoms with E-state index in [2.05, 4.69) is 10.2 Å². The van der Waals surface area contributed by atoms with Crippen LogP contribution in [0.25, 0.3) is 0 Å². The number of carbonyl (C=O) groups excluding carboxylic acids is 1. The molecule has 1 aliphatic rings. The largest absolute Gasteiger partial charge is 0.497 e. The third-order valence-corrected chi connectivity index (χ3v) is 4.09. The second-order valence-corrected chi connectivity index (χ2v) is 5.91. The van der Waals surface area contributed by atoms with Gasteiger partial charge in [0.2, 0.25) is 5.91 Å². The number of methoxy groups -OCH3 is 1. The van der Waals surface area contributed by atoms with E-state index in [9.17, 15) is 9.90 Å². The van der Waals surface area contributed by atoms with Gasteiger partial charge >= 0.3 is 0 Å². The van der Waals surface area contributed by atoms with Crippen molar-refractivity contribution in [1.82, 2.24) is 10.2 Å². The molecule has 7 nitrogen and oxygen atoms in total. The number of hydrogen-bond acceptors (Lipinski definition) is 5. The number of hydrogen-bond donors (Lipinski definition) is 3. The highest BCUT2D eigenvalue weighted by Crippen LogP contribution is 2.12. The van der Waals surface area contributed by atoms with Gasteiger partial charge < -0.3 is 25.2 Å². The Morgan fingerprint density at radius 2 is 2.00 bits per heavy atom. The fraction of sp³-hybridized carbons (Fsp3) is 0.556. The number of ether oxygens (including phenoxy) is 1. The molecule has 140 valence electrons. The molecule has 1 aromatic rings. The van der Waals surface area contributed by atoms with Gasteiger partial charge in [-0.25, -0.2) is 0 Å². The van der Waals surface area contributed by atoms with Crippen molar-refractivity contribution < 1.29 is 24.5 Å². The van der Waals surface area contributed by atoms with Crippen LogP contribution in [-0.4, -0.2) is 60.3 Å². The summed E-state index contributed by atoms with van der Waals surface area (Å²) in [4.78, 5) is 22.5. The number of aliphatic hydroxyl groups excluding tert-OH is 1. The Morgan fingerprint density at radius 1 is 1.32 bits per heavy atom. The van der Waals surface area contributed by atoms with Gasteiger partial charge in [-0.05, 0) is 43.5 Å². The van der Waals surface area contributed by atoms with Crippen LogP contribution in [0.4, 0.5) is 0 Å². The van der Waals surface area contributed by atoms with E-state index in [-0.39, 0.29) is 18.5 Å². The molecular weight excluding hydrogens is 324 g/mol. The van der Waals surface area contributed by atoms with Crippen molar-refractivity contribution in [2.75, 3.05) is 26.7 Å². The van der Waals surface area contributed by atoms with Crippen molar-refractivity contribution >= 4 is 12.4 Å². The molecule has 1 atom stereocenters. The summed E-state index contributed by atoms with van der Waals surface area (Å²) in [5.74, 6) is 0.888. The van der Waals surface area contributed by atoms with Gasteiger partial charge in [-0.15, -0.1) is 0 Å². The number of nitrogens with zero attached hydrogens (tertiary/aromatic N) is 1. The molecule has 0 aliphatic carbocycles. The molecule has 0 aromatic heterocycles. The van der Waals surface area contributed by atoms with Crippen molar-refractivity contribution in [3.05, 3.63) is 29.8 Å². The maximum Gasteiger partial charge on any atom is 0.290 e. The van der Waals surface area contributed by atoms with Gasteiger partial charge in [0.1, 0.15) is 5.75 Å². The predicted octanol–water partition coefficient (Wildman–Crippen LogP) is 1.25. The third-order valence-electron chi connectivity index (χ3n) is 4.09. The van der Waals surface area contributed by atoms with Gasteiger partial charge in [0.05, 0.1) is 13.2 Å². The second kappa shape index (κ2) is 12.3. The number of aliphatic hydroxyl groups is 1. The first-order chi connectivity index (χ1) is 12.1. The molecular formula is C18H28N2O5. The Labute approximate surface area is 148 Å². The maximum absolute atomic E-state index is 11.9. The standard InChI is InChI=1S/C17H26N2O3.CH2O2/c1-22-16-6-4-14(5-7-16)13-18-17(21)9-12-19-10-2-3-15(20)8-11-19;2-1-3/h4-7,15,20H,2-3,8-13H2,1H3,(H,18,21);1H,(H,2,3). The van der Waals surface area contributed by atoms with Gasteiger partial charge in [-0.1, -0.05) is 12.1 Å². The molecule has 1 aliphatic heterocycles. The molecule has 0 spiro atoms. The van der Waals surface area contributed by atoms with Crippen molar-refractivity contribution in [2.24, 2.45) is 0 Å². The smallest absolute Gasteiger partial charge is 0.290 e. The highest BCUT2D eigenvalue weighted by Gasteiger charge is 2.15. The predicted molar refractivity (Wildman–Crippen MR) is 94.4 cm³/mol. The maximum atomic E-state index is 11.9. The van der Waals surface area contributed by atoms with E-state index in [0.29, 0.717) is 13.0 Å². The number of likely N-dealkylation sites (tertiary alicyclic amines) is 1. The number of benzene rings is 1. The van der Waals surface area contributed by atoms with Crippen LogP contribution in [-0.2, 0) is 16.1 Å². The first kappa shape index (κ1) is 20.9. The average molecular weight is 352 g/mol. The fourth-order valence-electron chi connectivity index (χ4n) is 2.65. The van der Waals surface area contributed by atoms with Crippen LogP contribution < -0.4 is 10.1 Å². The Morgan fingerprint density at radius 3 is 2.64 bits per heavy atom. The zero-order valence-electron chi connectivity index (χ0n) is 14.7. The number of carbonyl (C=O) groups is 2. The second-order valence-electron chi connectivity index (χ2n) is 5.91. The lowest BCUT2D eigenvalue weighted by molar-refractivity contribution is -0.123. The van der Waals surface area contributed by atoms with Crippen LogP contribution in [0.15, 0.2) is 24.3 Å². The van der Waals surface area contributed by atoms with E-state index >= 15 is 0 Å². The molecule has 25 heavy (non-hydrogen) atoms. The minimum Gasteiger partial charge on any atom is -0.497 e. The summed E-state index contributed by atoms with van der Waals surface area (Å²) >= 11 is 0. The normalized spacial score (nSPS) is 17.6. The lowest BCUT2D eigenvalue weighted by Crippen LogP contribution is -2.31. The highest BCUT2D eigenvalue weighted by molar-refractivity contribution is 5.76. The lowest BCUT2D eigenvalue weighted by Gasteiger charge is -2.19. The number of rotatable bonds is 6. The topological polar surface area (TPSA) is 99.1 Å². The summed E-state index contributed by atoms with van der Waals surface area (Å²) in [5, 5.41) is 19.5. The highest BCUT2D eigenvalue weighted by atomic mass is 16.5. The zero-order chi connectivity index (χ0) is 18.5. The molecule has 0 bridgehead atoms. The van der Waals surface area contributed by atoms with Crippen molar-refractivity contribution in [3.63, 3.8) is 0 Å². The Hall–Kier alpha value is -2.12. The van der Waals surface area contributed by atoms with Crippen LogP contribution in [0, 0.1) is 0 Å². The van der Waals surface area contributed by atoms with E-state index < -0.39 is 0 Å². The van der Waals surface area contributed by atoms with Gasteiger partial charge in [0, 0.05) is 26.1 Å². The molecule has 1 aromatic carbocycles. The summed E-state index contributed by atoms with van der Waals surface area (Å²) in [6.45, 7) is 2.92. The molecule has 2 rings (SSSR count). The van der Waals surface area contributed by atoms with Crippen molar-refractivity contribution in [2.45, 2.75) is 38.3 Å². The van der Waals surface area contributed by atoms with Crippen molar-refractivity contribution in [3.8, 4) is 5.75 Å². The number of carboxylic acid groups (broad SMARTS) is 1. The SMILES string of the molecule is COc1ccc(CNC(=O)CCN2CCCC(O)CC2)cc1.O=CO. The van der Waals surface area contributed by atoms with Gasteiger partial charge in [-0.2, -0.15) is 0 Å². The van der Waals surface area contributed by atoms with Gasteiger partial charge in [0.15, 0.2) is 0 Å². The first-order valence-corrected chi connectivity index (χ1v) is 8.47. The summed E-state index contributed by atoms with van der Waals surface area (Å²) < 4.78 is 5.11. The van der Waals surface area contributed by atoms with Crippen LogP contribution in [0.1, 0.15) is 31.2 Å². The quantitative estimate of drug-likeness (QED) is 0.667. The molecule has 1 heterocycles. The van der Waals surface area contributed by atoms with E-state index in [1.165, 1.54) is 0 Å². The van der Waals surface area contributed by atoms with Gasteiger partial charge in [0.25, 0.3) is 6.47 Å². The molecule has 1 unspecified atom stereocenters. The van der Waals surface area contributed by atoms with E-state index in [4.69, 9.17) is 14.6 Å².